The summed E-state index contributed by atoms with van der Waals surface area (Å²) in [5.41, 5.74) is 1.47. The largest absolute Gasteiger partial charge is 0.469 e. The van der Waals surface area contributed by atoms with Crippen molar-refractivity contribution >= 4 is 17.5 Å². The Morgan fingerprint density at radius 2 is 2.31 bits per heavy atom. The number of carbonyl (C=O) groups excluding carboxylic acids is 1. The quantitative estimate of drug-likeness (QED) is 0.759. The molecule has 1 aromatic heterocycles. The Morgan fingerprint density at radius 1 is 1.62 bits per heavy atom. The van der Waals surface area contributed by atoms with Crippen molar-refractivity contribution in [3.63, 3.8) is 0 Å². The number of hydrogen-bond acceptors (Lipinski definition) is 2. The van der Waals surface area contributed by atoms with Crippen LogP contribution in [-0.4, -0.2) is 18.3 Å². The van der Waals surface area contributed by atoms with Gasteiger partial charge in [0.15, 0.2) is 0 Å². The monoisotopic (exact) mass is 201 g/mol. The number of carbonyl (C=O) groups is 1. The summed E-state index contributed by atoms with van der Waals surface area (Å²) in [6, 6.07) is 0. The van der Waals surface area contributed by atoms with Crippen LogP contribution >= 0.6 is 11.6 Å². The van der Waals surface area contributed by atoms with E-state index in [-0.39, 0.29) is 5.91 Å². The van der Waals surface area contributed by atoms with Crippen LogP contribution in [0.3, 0.4) is 0 Å². The molecule has 0 aliphatic rings. The molecule has 0 atom stereocenters. The number of furan rings is 1. The first-order valence-electron chi connectivity index (χ1n) is 4.05. The third-order valence-electron chi connectivity index (χ3n) is 1.77. The molecule has 1 N–H and O–H groups in total. The van der Waals surface area contributed by atoms with Crippen LogP contribution in [0, 0.1) is 13.8 Å². The average Bonchev–Trinajstić information content (AvgIpc) is 2.42. The fraction of sp³-hybridized carbons (Fsp3) is 0.444. The van der Waals surface area contributed by atoms with E-state index >= 15 is 0 Å². The van der Waals surface area contributed by atoms with E-state index in [0.717, 1.165) is 5.56 Å². The van der Waals surface area contributed by atoms with Gasteiger partial charge in [-0.3, -0.25) is 4.79 Å². The van der Waals surface area contributed by atoms with Crippen LogP contribution in [0.15, 0.2) is 10.7 Å². The summed E-state index contributed by atoms with van der Waals surface area (Å²) >= 11 is 5.45. The zero-order chi connectivity index (χ0) is 9.84. The molecule has 0 bridgehead atoms. The van der Waals surface area contributed by atoms with Crippen molar-refractivity contribution in [3.8, 4) is 0 Å². The zero-order valence-electron chi connectivity index (χ0n) is 7.69. The molecule has 0 saturated carbocycles. The number of amides is 1. The third-order valence-corrected chi connectivity index (χ3v) is 1.95. The zero-order valence-corrected chi connectivity index (χ0v) is 8.44. The van der Waals surface area contributed by atoms with Gasteiger partial charge >= 0.3 is 0 Å². The maximum atomic E-state index is 11.5. The fourth-order valence-electron chi connectivity index (χ4n) is 1.16. The van der Waals surface area contributed by atoms with Crippen LogP contribution in [0.5, 0.6) is 0 Å². The Hall–Kier alpha value is -0.960. The molecule has 1 amide bonds. The third kappa shape index (κ3) is 2.25. The van der Waals surface area contributed by atoms with E-state index in [4.69, 9.17) is 16.0 Å². The summed E-state index contributed by atoms with van der Waals surface area (Å²) in [6.45, 7) is 4.08. The molecule has 4 heteroatoms. The molecule has 0 spiro atoms. The summed E-state index contributed by atoms with van der Waals surface area (Å²) in [5.74, 6) is 0.941. The molecule has 0 radical (unpaired) electrons. The number of hydrogen-bond donors (Lipinski definition) is 1. The minimum Gasteiger partial charge on any atom is -0.469 e. The molecule has 0 aliphatic carbocycles. The molecule has 0 unspecified atom stereocenters. The molecule has 0 fully saturated rings. The van der Waals surface area contributed by atoms with E-state index in [1.807, 2.05) is 6.92 Å². The second-order valence-electron chi connectivity index (χ2n) is 2.79. The summed E-state index contributed by atoms with van der Waals surface area (Å²) < 4.78 is 5.10. The number of alkyl halides is 1. The summed E-state index contributed by atoms with van der Waals surface area (Å²) in [7, 11) is 0. The molecule has 0 aromatic carbocycles. The molecule has 0 saturated heterocycles. The van der Waals surface area contributed by atoms with Gasteiger partial charge in [0.2, 0.25) is 0 Å². The highest BCUT2D eigenvalue weighted by atomic mass is 35.5. The van der Waals surface area contributed by atoms with E-state index < -0.39 is 0 Å². The van der Waals surface area contributed by atoms with Gasteiger partial charge in [-0.15, -0.1) is 11.6 Å². The van der Waals surface area contributed by atoms with Gasteiger partial charge in [0.25, 0.3) is 5.91 Å². The minimum atomic E-state index is -0.121. The van der Waals surface area contributed by atoms with E-state index in [0.29, 0.717) is 23.7 Å². The Bertz CT molecular complexity index is 287. The number of rotatable bonds is 3. The van der Waals surface area contributed by atoms with Gasteiger partial charge in [-0.25, -0.2) is 0 Å². The lowest BCUT2D eigenvalue weighted by Gasteiger charge is -2.01. The Labute approximate surface area is 82.1 Å². The topological polar surface area (TPSA) is 42.2 Å². The van der Waals surface area contributed by atoms with Crippen LogP contribution in [0.25, 0.3) is 0 Å². The van der Waals surface area contributed by atoms with Crippen LogP contribution in [0.2, 0.25) is 0 Å². The first-order chi connectivity index (χ1) is 6.16. The standard InChI is InChI=1S/C9H12ClNO2/c1-6-5-13-7(2)8(6)9(12)11-4-3-10/h5H,3-4H2,1-2H3,(H,11,12). The van der Waals surface area contributed by atoms with Crippen LogP contribution in [0.4, 0.5) is 0 Å². The molecule has 0 aliphatic heterocycles. The van der Waals surface area contributed by atoms with Crippen LogP contribution in [0.1, 0.15) is 21.7 Å². The van der Waals surface area contributed by atoms with Gasteiger partial charge in [-0.1, -0.05) is 0 Å². The van der Waals surface area contributed by atoms with E-state index in [9.17, 15) is 4.79 Å². The predicted molar refractivity (Wildman–Crippen MR) is 51.2 cm³/mol. The maximum Gasteiger partial charge on any atom is 0.255 e. The normalized spacial score (nSPS) is 10.1. The van der Waals surface area contributed by atoms with Crippen LogP contribution < -0.4 is 5.32 Å². The van der Waals surface area contributed by atoms with Gasteiger partial charge in [0.05, 0.1) is 11.8 Å². The maximum absolute atomic E-state index is 11.5. The Morgan fingerprint density at radius 3 is 2.77 bits per heavy atom. The molecule has 1 aromatic rings. The van der Waals surface area contributed by atoms with Crippen molar-refractivity contribution in [3.05, 3.63) is 23.2 Å². The highest BCUT2D eigenvalue weighted by molar-refractivity contribution is 6.18. The van der Waals surface area contributed by atoms with Gasteiger partial charge in [0, 0.05) is 18.0 Å². The molecule has 13 heavy (non-hydrogen) atoms. The molecule has 1 heterocycles. The number of aryl methyl sites for hydroxylation is 2. The Kier molecular flexibility index (Phi) is 3.37. The van der Waals surface area contributed by atoms with Crippen molar-refractivity contribution < 1.29 is 9.21 Å². The first kappa shape index (κ1) is 10.1. The number of nitrogens with one attached hydrogen (secondary N) is 1. The van der Waals surface area contributed by atoms with Gasteiger partial charge in [-0.2, -0.15) is 0 Å². The number of halogens is 1. The van der Waals surface area contributed by atoms with Crippen LogP contribution in [-0.2, 0) is 0 Å². The molecular formula is C9H12ClNO2. The summed E-state index contributed by atoms with van der Waals surface area (Å²) in [6.07, 6.45) is 1.57. The molecule has 1 rings (SSSR count). The smallest absolute Gasteiger partial charge is 0.255 e. The summed E-state index contributed by atoms with van der Waals surface area (Å²) in [5, 5.41) is 2.69. The van der Waals surface area contributed by atoms with E-state index in [2.05, 4.69) is 5.32 Å². The first-order valence-corrected chi connectivity index (χ1v) is 4.59. The minimum absolute atomic E-state index is 0.121. The lowest BCUT2D eigenvalue weighted by Crippen LogP contribution is -2.26. The predicted octanol–water partition coefficient (Wildman–Crippen LogP) is 1.87. The van der Waals surface area contributed by atoms with Crippen molar-refractivity contribution in [1.82, 2.24) is 5.32 Å². The van der Waals surface area contributed by atoms with Crippen molar-refractivity contribution in [2.75, 3.05) is 12.4 Å². The lowest BCUT2D eigenvalue weighted by atomic mass is 10.1. The molecular weight excluding hydrogens is 190 g/mol. The molecule has 72 valence electrons. The van der Waals surface area contributed by atoms with Gasteiger partial charge < -0.3 is 9.73 Å². The molecule has 3 nitrogen and oxygen atoms in total. The average molecular weight is 202 g/mol. The van der Waals surface area contributed by atoms with Crippen molar-refractivity contribution in [2.45, 2.75) is 13.8 Å². The van der Waals surface area contributed by atoms with Crippen molar-refractivity contribution in [1.29, 1.82) is 0 Å². The summed E-state index contributed by atoms with van der Waals surface area (Å²) in [4.78, 5) is 11.5. The lowest BCUT2D eigenvalue weighted by molar-refractivity contribution is 0.0954. The second kappa shape index (κ2) is 4.33. The van der Waals surface area contributed by atoms with Crippen molar-refractivity contribution in [2.24, 2.45) is 0 Å². The van der Waals surface area contributed by atoms with E-state index in [1.165, 1.54) is 0 Å². The highest BCUT2D eigenvalue weighted by Crippen LogP contribution is 2.14. The SMILES string of the molecule is Cc1coc(C)c1C(=O)NCCCl. The van der Waals surface area contributed by atoms with E-state index in [1.54, 1.807) is 13.2 Å². The fourth-order valence-corrected chi connectivity index (χ4v) is 1.25. The Balaban J connectivity index is 2.76. The highest BCUT2D eigenvalue weighted by Gasteiger charge is 2.14. The van der Waals surface area contributed by atoms with Gasteiger partial charge in [0.1, 0.15) is 5.76 Å². The van der Waals surface area contributed by atoms with Gasteiger partial charge in [-0.05, 0) is 13.8 Å². The second-order valence-corrected chi connectivity index (χ2v) is 3.17.